The molecule has 0 saturated carbocycles. The van der Waals surface area contributed by atoms with Crippen LogP contribution in [0.4, 0.5) is 19.0 Å². The van der Waals surface area contributed by atoms with Gasteiger partial charge in [-0.1, -0.05) is 24.3 Å². The number of nitrogens with one attached hydrogen (secondary N) is 1. The van der Waals surface area contributed by atoms with Gasteiger partial charge in [-0.15, -0.1) is 0 Å². The summed E-state index contributed by atoms with van der Waals surface area (Å²) in [5.74, 6) is 0.886. The van der Waals surface area contributed by atoms with Crippen molar-refractivity contribution in [3.8, 4) is 0 Å². The number of nitrogens with zero attached hydrogens (tertiary/aromatic N) is 3. The van der Waals surface area contributed by atoms with E-state index < -0.39 is 11.7 Å². The second kappa shape index (κ2) is 9.06. The van der Waals surface area contributed by atoms with Crippen molar-refractivity contribution >= 4 is 5.82 Å². The van der Waals surface area contributed by atoms with E-state index in [1.807, 2.05) is 31.3 Å². The lowest BCUT2D eigenvalue weighted by atomic mass is 10.0. The Morgan fingerprint density at radius 3 is 2.61 bits per heavy atom. The molecule has 3 aromatic rings. The summed E-state index contributed by atoms with van der Waals surface area (Å²) in [7, 11) is 1.87. The molecule has 0 bridgehead atoms. The standard InChI is InChI=1S/C24H25F3N4/c1-28-23-18(5-3-13-29-23)16-31-14-4-8-22(31)21-7-2-6-20(30-21)15-17-9-11-19(12-10-17)24(25,26)27/h2-3,5-7,9-13,22H,4,8,14-16H2,1H3,(H,28,29)/t22-/m0/s1. The van der Waals surface area contributed by atoms with Crippen molar-refractivity contribution in [2.24, 2.45) is 0 Å². The first kappa shape index (κ1) is 21.3. The predicted octanol–water partition coefficient (Wildman–Crippen LogP) is 5.47. The maximum atomic E-state index is 12.8. The van der Waals surface area contributed by atoms with Crippen LogP contribution in [0.25, 0.3) is 0 Å². The van der Waals surface area contributed by atoms with Gasteiger partial charge in [-0.3, -0.25) is 9.88 Å². The molecule has 0 spiro atoms. The molecule has 1 saturated heterocycles. The number of hydrogen-bond acceptors (Lipinski definition) is 4. The quantitative estimate of drug-likeness (QED) is 0.568. The van der Waals surface area contributed by atoms with E-state index in [2.05, 4.69) is 21.3 Å². The Morgan fingerprint density at radius 2 is 1.87 bits per heavy atom. The largest absolute Gasteiger partial charge is 0.416 e. The summed E-state index contributed by atoms with van der Waals surface area (Å²) in [6.07, 6.45) is 0.106. The molecule has 3 heterocycles. The van der Waals surface area contributed by atoms with Crippen LogP contribution in [-0.2, 0) is 19.1 Å². The zero-order valence-electron chi connectivity index (χ0n) is 17.4. The maximum Gasteiger partial charge on any atom is 0.416 e. The lowest BCUT2D eigenvalue weighted by molar-refractivity contribution is -0.137. The van der Waals surface area contributed by atoms with E-state index in [1.165, 1.54) is 12.1 Å². The minimum absolute atomic E-state index is 0.220. The van der Waals surface area contributed by atoms with Gasteiger partial charge in [0, 0.05) is 37.5 Å². The van der Waals surface area contributed by atoms with Gasteiger partial charge in [0.1, 0.15) is 5.82 Å². The molecule has 4 nitrogen and oxygen atoms in total. The van der Waals surface area contributed by atoms with Gasteiger partial charge in [-0.2, -0.15) is 13.2 Å². The Kier molecular flexibility index (Phi) is 6.23. The molecule has 2 aromatic heterocycles. The van der Waals surface area contributed by atoms with Gasteiger partial charge in [-0.05, 0) is 55.3 Å². The molecule has 7 heteroatoms. The number of benzene rings is 1. The summed E-state index contributed by atoms with van der Waals surface area (Å²) >= 11 is 0. The van der Waals surface area contributed by atoms with E-state index in [0.29, 0.717) is 6.42 Å². The molecule has 1 atom stereocenters. The van der Waals surface area contributed by atoms with Crippen molar-refractivity contribution in [3.05, 3.63) is 88.9 Å². The van der Waals surface area contributed by atoms with Crippen molar-refractivity contribution in [1.82, 2.24) is 14.9 Å². The van der Waals surface area contributed by atoms with Gasteiger partial charge in [0.15, 0.2) is 0 Å². The molecule has 0 unspecified atom stereocenters. The van der Waals surface area contributed by atoms with Gasteiger partial charge in [0.25, 0.3) is 0 Å². The van der Waals surface area contributed by atoms with Crippen molar-refractivity contribution in [2.45, 2.75) is 38.0 Å². The van der Waals surface area contributed by atoms with E-state index in [4.69, 9.17) is 4.98 Å². The van der Waals surface area contributed by atoms with Crippen molar-refractivity contribution < 1.29 is 13.2 Å². The predicted molar refractivity (Wildman–Crippen MR) is 115 cm³/mol. The monoisotopic (exact) mass is 426 g/mol. The molecule has 4 rings (SSSR count). The van der Waals surface area contributed by atoms with E-state index in [9.17, 15) is 13.2 Å². The van der Waals surface area contributed by atoms with Gasteiger partial charge >= 0.3 is 6.18 Å². The molecule has 1 aliphatic heterocycles. The highest BCUT2D eigenvalue weighted by molar-refractivity contribution is 5.43. The Bertz CT molecular complexity index is 1020. The van der Waals surface area contributed by atoms with Gasteiger partial charge in [-0.25, -0.2) is 4.98 Å². The first-order chi connectivity index (χ1) is 14.9. The second-order valence-electron chi connectivity index (χ2n) is 7.81. The Hall–Kier alpha value is -2.93. The smallest absolute Gasteiger partial charge is 0.373 e. The molecule has 1 N–H and O–H groups in total. The highest BCUT2D eigenvalue weighted by Crippen LogP contribution is 2.33. The van der Waals surface area contributed by atoms with Gasteiger partial charge in [0.2, 0.25) is 0 Å². The Labute approximate surface area is 180 Å². The van der Waals surface area contributed by atoms with Crippen LogP contribution in [-0.4, -0.2) is 28.5 Å². The highest BCUT2D eigenvalue weighted by atomic mass is 19.4. The molecule has 0 aliphatic carbocycles. The molecule has 1 aliphatic rings. The number of pyridine rings is 2. The lowest BCUT2D eigenvalue weighted by Gasteiger charge is -2.25. The number of rotatable bonds is 6. The minimum atomic E-state index is -4.32. The Morgan fingerprint density at radius 1 is 1.06 bits per heavy atom. The normalized spacial score (nSPS) is 17.1. The van der Waals surface area contributed by atoms with Crippen LogP contribution in [0.15, 0.2) is 60.8 Å². The number of aromatic nitrogens is 2. The fourth-order valence-corrected chi connectivity index (χ4v) is 4.16. The second-order valence-corrected chi connectivity index (χ2v) is 7.81. The number of hydrogen-bond donors (Lipinski definition) is 1. The number of anilines is 1. The van der Waals surface area contributed by atoms with Gasteiger partial charge < -0.3 is 5.32 Å². The fraction of sp³-hybridized carbons (Fsp3) is 0.333. The maximum absolute atomic E-state index is 12.8. The molecular formula is C24H25F3N4. The average Bonchev–Trinajstić information content (AvgIpc) is 3.22. The SMILES string of the molecule is CNc1ncccc1CN1CCC[C@H]1c1cccc(Cc2ccc(C(F)(F)F)cc2)n1. The molecular weight excluding hydrogens is 401 g/mol. The van der Waals surface area contributed by atoms with Gasteiger partial charge in [0.05, 0.1) is 17.3 Å². The van der Waals surface area contributed by atoms with Crippen LogP contribution in [0.3, 0.4) is 0 Å². The number of likely N-dealkylation sites (tertiary alicyclic amines) is 1. The minimum Gasteiger partial charge on any atom is -0.373 e. The molecule has 162 valence electrons. The summed E-state index contributed by atoms with van der Waals surface area (Å²) in [5.41, 5.74) is 3.21. The van der Waals surface area contributed by atoms with Crippen LogP contribution in [0.5, 0.6) is 0 Å². The third-order valence-corrected chi connectivity index (χ3v) is 5.70. The number of alkyl halides is 3. The summed E-state index contributed by atoms with van der Waals surface area (Å²) in [4.78, 5) is 11.7. The molecule has 1 aromatic carbocycles. The zero-order valence-corrected chi connectivity index (χ0v) is 17.4. The lowest BCUT2D eigenvalue weighted by Crippen LogP contribution is -2.24. The summed E-state index contributed by atoms with van der Waals surface area (Å²) in [6, 6.07) is 15.5. The molecule has 31 heavy (non-hydrogen) atoms. The molecule has 0 radical (unpaired) electrons. The Balaban J connectivity index is 1.49. The van der Waals surface area contributed by atoms with E-state index in [-0.39, 0.29) is 6.04 Å². The third-order valence-electron chi connectivity index (χ3n) is 5.70. The van der Waals surface area contributed by atoms with E-state index in [1.54, 1.807) is 6.20 Å². The van der Waals surface area contributed by atoms with Crippen molar-refractivity contribution in [3.63, 3.8) is 0 Å². The van der Waals surface area contributed by atoms with Crippen molar-refractivity contribution in [2.75, 3.05) is 18.9 Å². The van der Waals surface area contributed by atoms with E-state index >= 15 is 0 Å². The van der Waals surface area contributed by atoms with Crippen LogP contribution in [0.2, 0.25) is 0 Å². The zero-order chi connectivity index (χ0) is 21.8. The molecule has 0 amide bonds. The first-order valence-corrected chi connectivity index (χ1v) is 10.4. The fourth-order valence-electron chi connectivity index (χ4n) is 4.16. The van der Waals surface area contributed by atoms with E-state index in [0.717, 1.165) is 66.4 Å². The summed E-state index contributed by atoms with van der Waals surface area (Å²) < 4.78 is 38.4. The number of halogens is 3. The highest BCUT2D eigenvalue weighted by Gasteiger charge is 2.30. The van der Waals surface area contributed by atoms with Crippen LogP contribution in [0.1, 0.15) is 47.0 Å². The summed E-state index contributed by atoms with van der Waals surface area (Å²) in [5, 5.41) is 3.15. The summed E-state index contributed by atoms with van der Waals surface area (Å²) in [6.45, 7) is 1.78. The van der Waals surface area contributed by atoms with Crippen LogP contribution in [0, 0.1) is 0 Å². The molecule has 1 fully saturated rings. The third kappa shape index (κ3) is 5.05. The first-order valence-electron chi connectivity index (χ1n) is 10.4. The van der Waals surface area contributed by atoms with Crippen molar-refractivity contribution in [1.29, 1.82) is 0 Å². The van der Waals surface area contributed by atoms with Crippen LogP contribution >= 0.6 is 0 Å². The average molecular weight is 426 g/mol. The topological polar surface area (TPSA) is 41.1 Å². The van der Waals surface area contributed by atoms with Crippen LogP contribution < -0.4 is 5.32 Å².